The highest BCUT2D eigenvalue weighted by molar-refractivity contribution is 5.69. The van der Waals surface area contributed by atoms with Gasteiger partial charge in [0.2, 0.25) is 0 Å². The van der Waals surface area contributed by atoms with Gasteiger partial charge in [-0.15, -0.1) is 0 Å². The van der Waals surface area contributed by atoms with Crippen molar-refractivity contribution >= 4 is 5.97 Å². The maximum absolute atomic E-state index is 11.5. The Labute approximate surface area is 291 Å². The van der Waals surface area contributed by atoms with E-state index in [1.165, 1.54) is 141 Å². The Hall–Kier alpha value is -0.530. The van der Waals surface area contributed by atoms with Crippen molar-refractivity contribution in [3.05, 3.63) is 0 Å². The summed E-state index contributed by atoms with van der Waals surface area (Å²) in [6, 6.07) is 0. The molecule has 0 unspecified atom stereocenters. The van der Waals surface area contributed by atoms with E-state index >= 15 is 0 Å². The van der Waals surface area contributed by atoms with E-state index < -0.39 is 0 Å². The molecule has 0 saturated heterocycles. The second-order valence-electron chi connectivity index (χ2n) is 13.0. The molecular formula is C43H98O2. The first-order valence-electron chi connectivity index (χ1n) is 20.8. The first-order chi connectivity index (χ1) is 21.6. The second-order valence-corrected chi connectivity index (χ2v) is 13.0. The smallest absolute Gasteiger partial charge is 0.305 e. The molecule has 0 saturated carbocycles. The topological polar surface area (TPSA) is 26.3 Å². The summed E-state index contributed by atoms with van der Waals surface area (Å²) in [5, 5.41) is 0. The Morgan fingerprint density at radius 3 is 0.978 bits per heavy atom. The Kier molecular flexibility index (Phi) is 98.9. The molecular weight excluding hydrogens is 548 g/mol. The third-order valence-electron chi connectivity index (χ3n) is 5.63. The van der Waals surface area contributed by atoms with Gasteiger partial charge in [0.1, 0.15) is 0 Å². The van der Waals surface area contributed by atoms with E-state index in [4.69, 9.17) is 4.74 Å². The van der Waals surface area contributed by atoms with Gasteiger partial charge in [-0.3, -0.25) is 4.79 Å². The molecule has 2 nitrogen and oxygen atoms in total. The summed E-state index contributed by atoms with van der Waals surface area (Å²) >= 11 is 0. The third kappa shape index (κ3) is 125. The Morgan fingerprint density at radius 1 is 0.400 bits per heavy atom. The van der Waals surface area contributed by atoms with Crippen LogP contribution in [-0.2, 0) is 9.53 Å². The van der Waals surface area contributed by atoms with Crippen molar-refractivity contribution in [3.63, 3.8) is 0 Å². The fourth-order valence-corrected chi connectivity index (χ4v) is 3.52. The number of hydrogen-bond acceptors (Lipinski definition) is 2. The maximum atomic E-state index is 11.5. The summed E-state index contributed by atoms with van der Waals surface area (Å²) in [6.45, 7) is 33.2. The van der Waals surface area contributed by atoms with Gasteiger partial charge in [-0.1, -0.05) is 245 Å². The van der Waals surface area contributed by atoms with Crippen LogP contribution in [0, 0.1) is 5.92 Å². The van der Waals surface area contributed by atoms with E-state index in [0.717, 1.165) is 18.8 Å². The van der Waals surface area contributed by atoms with Crippen LogP contribution in [0.4, 0.5) is 0 Å². The van der Waals surface area contributed by atoms with Crippen LogP contribution < -0.4 is 0 Å². The zero-order valence-electron chi connectivity index (χ0n) is 35.3. The van der Waals surface area contributed by atoms with Gasteiger partial charge in [-0.25, -0.2) is 0 Å². The van der Waals surface area contributed by atoms with E-state index in [1.54, 1.807) is 0 Å². The van der Waals surface area contributed by atoms with Crippen molar-refractivity contribution < 1.29 is 9.53 Å². The molecule has 0 atom stereocenters. The molecule has 0 aromatic carbocycles. The Bertz CT molecular complexity index is 366. The number of carbonyl (C=O) groups is 1. The second kappa shape index (κ2) is 74.4. The van der Waals surface area contributed by atoms with Crippen LogP contribution in [0.25, 0.3) is 0 Å². The summed E-state index contributed by atoms with van der Waals surface area (Å²) in [5.74, 6) is 0.910. The zero-order valence-corrected chi connectivity index (χ0v) is 35.3. The zero-order chi connectivity index (χ0) is 36.2. The lowest BCUT2D eigenvalue weighted by Gasteiger charge is -2.05. The van der Waals surface area contributed by atoms with Crippen LogP contribution in [-0.4, -0.2) is 12.6 Å². The standard InChI is InChI=1S/C18H36O2.C10H22.5C3H8/c1-3-5-7-9-11-13-15-17-20-18(19)16-14-12-10-8-6-4-2;1-4-5-6-7-8-9-10(2)3;5*1-3-2/h3-17H2,1-2H3;10H,4-9H2,1-3H3;5*3H2,1-2H3. The van der Waals surface area contributed by atoms with Gasteiger partial charge < -0.3 is 4.74 Å². The Morgan fingerprint density at radius 2 is 0.667 bits per heavy atom. The summed E-state index contributed by atoms with van der Waals surface area (Å²) in [7, 11) is 0. The molecule has 0 aromatic rings. The molecule has 0 aromatic heterocycles. The van der Waals surface area contributed by atoms with E-state index in [0.29, 0.717) is 13.0 Å². The van der Waals surface area contributed by atoms with E-state index in [-0.39, 0.29) is 5.97 Å². The number of rotatable bonds is 21. The first-order valence-corrected chi connectivity index (χ1v) is 20.8. The fraction of sp³-hybridized carbons (Fsp3) is 0.977. The van der Waals surface area contributed by atoms with E-state index in [1.807, 2.05) is 0 Å². The molecule has 0 radical (unpaired) electrons. The van der Waals surface area contributed by atoms with Crippen LogP contribution in [0.5, 0.6) is 0 Å². The molecule has 0 spiro atoms. The van der Waals surface area contributed by atoms with Gasteiger partial charge in [-0.05, 0) is 18.8 Å². The van der Waals surface area contributed by atoms with Crippen LogP contribution in [0.3, 0.4) is 0 Å². The molecule has 0 aliphatic carbocycles. The van der Waals surface area contributed by atoms with E-state index in [2.05, 4.69) is 104 Å². The predicted octanol–water partition coefficient (Wildman–Crippen LogP) is 17.1. The molecule has 0 aliphatic rings. The maximum Gasteiger partial charge on any atom is 0.305 e. The number of carbonyl (C=O) groups excluding carboxylic acids is 1. The van der Waals surface area contributed by atoms with Crippen molar-refractivity contribution in [1.29, 1.82) is 0 Å². The monoisotopic (exact) mass is 647 g/mol. The average molecular weight is 647 g/mol. The lowest BCUT2D eigenvalue weighted by Crippen LogP contribution is -2.05. The van der Waals surface area contributed by atoms with Gasteiger partial charge in [0.15, 0.2) is 0 Å². The molecule has 282 valence electrons. The number of unbranched alkanes of at least 4 members (excludes halogenated alkanes) is 15. The SMILES string of the molecule is CCC.CCC.CCC.CCC.CCC.CCCCCCCC(C)C.CCCCCCCCCOC(=O)CCCCCCCC. The predicted molar refractivity (Wildman–Crippen MR) is 215 cm³/mol. The third-order valence-corrected chi connectivity index (χ3v) is 5.63. The molecule has 0 fully saturated rings. The van der Waals surface area contributed by atoms with Crippen LogP contribution in [0.15, 0.2) is 0 Å². The molecule has 45 heavy (non-hydrogen) atoms. The van der Waals surface area contributed by atoms with Crippen molar-refractivity contribution in [2.45, 2.75) is 264 Å². The molecule has 0 rings (SSSR count). The molecule has 2 heteroatoms. The molecule has 0 bridgehead atoms. The summed E-state index contributed by atoms with van der Waals surface area (Å²) in [5.41, 5.74) is 0. The lowest BCUT2D eigenvalue weighted by molar-refractivity contribution is -0.143. The van der Waals surface area contributed by atoms with Crippen LogP contribution in [0.2, 0.25) is 0 Å². The van der Waals surface area contributed by atoms with Gasteiger partial charge in [0.05, 0.1) is 6.61 Å². The molecule has 0 heterocycles. The number of esters is 1. The van der Waals surface area contributed by atoms with Crippen LogP contribution in [0.1, 0.15) is 264 Å². The molecule has 0 amide bonds. The minimum atomic E-state index is 0.00599. The van der Waals surface area contributed by atoms with Crippen molar-refractivity contribution in [1.82, 2.24) is 0 Å². The van der Waals surface area contributed by atoms with Crippen molar-refractivity contribution in [2.75, 3.05) is 6.61 Å². The van der Waals surface area contributed by atoms with Crippen molar-refractivity contribution in [3.8, 4) is 0 Å². The van der Waals surface area contributed by atoms with Crippen LogP contribution >= 0.6 is 0 Å². The first kappa shape index (κ1) is 59.9. The highest BCUT2D eigenvalue weighted by atomic mass is 16.5. The minimum Gasteiger partial charge on any atom is -0.466 e. The van der Waals surface area contributed by atoms with Gasteiger partial charge in [0.25, 0.3) is 0 Å². The number of hydrogen-bond donors (Lipinski definition) is 0. The normalized spacial score (nSPS) is 9.16. The highest BCUT2D eigenvalue weighted by Gasteiger charge is 2.02. The Balaban J connectivity index is -0.0000000954. The van der Waals surface area contributed by atoms with Gasteiger partial charge in [-0.2, -0.15) is 0 Å². The van der Waals surface area contributed by atoms with E-state index in [9.17, 15) is 4.79 Å². The minimum absolute atomic E-state index is 0.00599. The lowest BCUT2D eigenvalue weighted by atomic mass is 10.0. The summed E-state index contributed by atoms with van der Waals surface area (Å²) in [6.07, 6.45) is 31.6. The van der Waals surface area contributed by atoms with Gasteiger partial charge >= 0.3 is 5.97 Å². The highest BCUT2D eigenvalue weighted by Crippen LogP contribution is 2.10. The summed E-state index contributed by atoms with van der Waals surface area (Å²) < 4.78 is 5.26. The van der Waals surface area contributed by atoms with Crippen molar-refractivity contribution in [2.24, 2.45) is 5.92 Å². The van der Waals surface area contributed by atoms with Gasteiger partial charge in [0, 0.05) is 6.42 Å². The largest absolute Gasteiger partial charge is 0.466 e. The number of ether oxygens (including phenoxy) is 1. The fourth-order valence-electron chi connectivity index (χ4n) is 3.52. The molecule has 0 N–H and O–H groups in total. The molecule has 0 aliphatic heterocycles. The average Bonchev–Trinajstić information content (AvgIpc) is 2.98. The summed E-state index contributed by atoms with van der Waals surface area (Å²) in [4.78, 5) is 11.5. The quantitative estimate of drug-likeness (QED) is 0.0916.